The summed E-state index contributed by atoms with van der Waals surface area (Å²) in [7, 11) is 1.91. The topological polar surface area (TPSA) is 71.3 Å². The standard InChI is InChI=1S/C23H26ClN5O/c1-14-9-10-15(2)21(11-14)26-23(25-13-20-16(3)28-29(5)17(20)4)27-22(30)18-7-6-8-19(24)12-18/h6-12H,13H2,1-5H3,(H2,25,26,27,30). The summed E-state index contributed by atoms with van der Waals surface area (Å²) in [4.78, 5) is 17.5. The minimum atomic E-state index is -0.284. The first-order valence-corrected chi connectivity index (χ1v) is 10.1. The number of carbonyl (C=O) groups is 1. The van der Waals surface area contributed by atoms with Gasteiger partial charge in [0.2, 0.25) is 5.96 Å². The maximum atomic E-state index is 12.8. The summed E-state index contributed by atoms with van der Waals surface area (Å²) in [5.41, 5.74) is 6.53. The zero-order valence-corrected chi connectivity index (χ0v) is 18.6. The monoisotopic (exact) mass is 423 g/mol. The SMILES string of the molecule is Cc1ccc(C)c(NC(=NCc2c(C)nn(C)c2C)NC(=O)c2cccc(Cl)c2)c1. The highest BCUT2D eigenvalue weighted by molar-refractivity contribution is 6.31. The van der Waals surface area contributed by atoms with Gasteiger partial charge in [0.15, 0.2) is 0 Å². The minimum Gasteiger partial charge on any atom is -0.326 e. The number of aryl methyl sites for hydroxylation is 4. The predicted molar refractivity (Wildman–Crippen MR) is 122 cm³/mol. The number of nitrogens with one attached hydrogen (secondary N) is 2. The molecule has 0 fully saturated rings. The maximum absolute atomic E-state index is 12.8. The average molecular weight is 424 g/mol. The number of benzene rings is 2. The van der Waals surface area contributed by atoms with Gasteiger partial charge in [-0.25, -0.2) is 4.99 Å². The predicted octanol–water partition coefficient (Wildman–Crippen LogP) is 4.71. The van der Waals surface area contributed by atoms with Crippen LogP contribution in [0.15, 0.2) is 47.5 Å². The van der Waals surface area contributed by atoms with Crippen molar-refractivity contribution in [3.05, 3.63) is 81.1 Å². The van der Waals surface area contributed by atoms with Crippen molar-refractivity contribution in [2.75, 3.05) is 5.32 Å². The lowest BCUT2D eigenvalue weighted by molar-refractivity contribution is 0.0977. The van der Waals surface area contributed by atoms with Gasteiger partial charge in [0.05, 0.1) is 12.2 Å². The van der Waals surface area contributed by atoms with E-state index in [0.29, 0.717) is 23.1 Å². The highest BCUT2D eigenvalue weighted by atomic mass is 35.5. The number of halogens is 1. The Kier molecular flexibility index (Phi) is 6.57. The summed E-state index contributed by atoms with van der Waals surface area (Å²) >= 11 is 6.04. The Bertz CT molecular complexity index is 1120. The van der Waals surface area contributed by atoms with Gasteiger partial charge in [0.1, 0.15) is 0 Å². The van der Waals surface area contributed by atoms with Crippen molar-refractivity contribution < 1.29 is 4.79 Å². The van der Waals surface area contributed by atoms with Crippen molar-refractivity contribution in [1.29, 1.82) is 0 Å². The van der Waals surface area contributed by atoms with Crippen LogP contribution in [0.3, 0.4) is 0 Å². The van der Waals surface area contributed by atoms with Crippen LogP contribution in [0.4, 0.5) is 5.69 Å². The first kappa shape index (κ1) is 21.6. The number of amides is 1. The van der Waals surface area contributed by atoms with E-state index in [1.165, 1.54) is 0 Å². The molecular weight excluding hydrogens is 398 g/mol. The van der Waals surface area contributed by atoms with E-state index >= 15 is 0 Å². The zero-order chi connectivity index (χ0) is 21.8. The lowest BCUT2D eigenvalue weighted by Crippen LogP contribution is -2.36. The van der Waals surface area contributed by atoms with Crippen molar-refractivity contribution in [2.24, 2.45) is 12.0 Å². The van der Waals surface area contributed by atoms with Crippen LogP contribution in [0.25, 0.3) is 0 Å². The molecule has 156 valence electrons. The third kappa shape index (κ3) is 5.07. The second-order valence-electron chi connectivity index (χ2n) is 7.35. The van der Waals surface area contributed by atoms with Crippen molar-refractivity contribution in [1.82, 2.24) is 15.1 Å². The van der Waals surface area contributed by atoms with Gasteiger partial charge in [-0.15, -0.1) is 0 Å². The molecule has 6 nitrogen and oxygen atoms in total. The van der Waals surface area contributed by atoms with E-state index in [9.17, 15) is 4.79 Å². The van der Waals surface area contributed by atoms with Gasteiger partial charge in [-0.1, -0.05) is 29.8 Å². The van der Waals surface area contributed by atoms with Crippen molar-refractivity contribution in [3.8, 4) is 0 Å². The van der Waals surface area contributed by atoms with Gasteiger partial charge in [-0.2, -0.15) is 5.10 Å². The molecule has 2 aromatic carbocycles. The molecule has 0 spiro atoms. The number of aromatic nitrogens is 2. The van der Waals surface area contributed by atoms with E-state index in [4.69, 9.17) is 11.6 Å². The van der Waals surface area contributed by atoms with Crippen LogP contribution in [0, 0.1) is 27.7 Å². The molecule has 0 radical (unpaired) electrons. The summed E-state index contributed by atoms with van der Waals surface area (Å²) < 4.78 is 1.84. The number of anilines is 1. The Hall–Kier alpha value is -3.12. The average Bonchev–Trinajstić information content (AvgIpc) is 2.94. The molecule has 0 atom stereocenters. The highest BCUT2D eigenvalue weighted by Gasteiger charge is 2.13. The summed E-state index contributed by atoms with van der Waals surface area (Å²) in [5.74, 6) is 0.0880. The first-order valence-electron chi connectivity index (χ1n) is 9.69. The number of carbonyl (C=O) groups excluding carboxylic acids is 1. The fraction of sp³-hybridized carbons (Fsp3) is 0.261. The first-order chi connectivity index (χ1) is 14.2. The van der Waals surface area contributed by atoms with Crippen LogP contribution in [-0.2, 0) is 13.6 Å². The Labute approximate surface area is 182 Å². The molecule has 1 amide bonds. The molecule has 0 bridgehead atoms. The van der Waals surface area contributed by atoms with Crippen molar-refractivity contribution in [2.45, 2.75) is 34.2 Å². The Balaban J connectivity index is 1.91. The van der Waals surface area contributed by atoms with Crippen molar-refractivity contribution >= 4 is 29.2 Å². The number of rotatable bonds is 4. The van der Waals surface area contributed by atoms with Crippen LogP contribution < -0.4 is 10.6 Å². The van der Waals surface area contributed by atoms with Gasteiger partial charge in [-0.3, -0.25) is 14.8 Å². The van der Waals surface area contributed by atoms with Crippen LogP contribution in [0.2, 0.25) is 5.02 Å². The molecule has 0 saturated heterocycles. The van der Waals surface area contributed by atoms with Crippen LogP contribution in [-0.4, -0.2) is 21.6 Å². The van der Waals surface area contributed by atoms with E-state index < -0.39 is 0 Å². The Morgan fingerprint density at radius 3 is 2.57 bits per heavy atom. The molecule has 0 unspecified atom stereocenters. The number of hydrogen-bond acceptors (Lipinski definition) is 3. The molecule has 30 heavy (non-hydrogen) atoms. The van der Waals surface area contributed by atoms with E-state index in [0.717, 1.165) is 33.8 Å². The molecule has 0 aliphatic carbocycles. The summed E-state index contributed by atoms with van der Waals surface area (Å²) in [6.07, 6.45) is 0. The van der Waals surface area contributed by atoms with Crippen LogP contribution >= 0.6 is 11.6 Å². The van der Waals surface area contributed by atoms with Gasteiger partial charge >= 0.3 is 0 Å². The normalized spacial score (nSPS) is 11.5. The smallest absolute Gasteiger partial charge is 0.258 e. The molecule has 7 heteroatoms. The number of aliphatic imine (C=N–C) groups is 1. The van der Waals surface area contributed by atoms with Gasteiger partial charge < -0.3 is 5.32 Å². The largest absolute Gasteiger partial charge is 0.326 e. The minimum absolute atomic E-state index is 0.284. The molecule has 1 heterocycles. The Morgan fingerprint density at radius 2 is 1.90 bits per heavy atom. The molecule has 3 aromatic rings. The van der Waals surface area contributed by atoms with Crippen LogP contribution in [0.5, 0.6) is 0 Å². The number of hydrogen-bond donors (Lipinski definition) is 2. The molecule has 3 rings (SSSR count). The number of nitrogens with zero attached hydrogens (tertiary/aromatic N) is 3. The van der Waals surface area contributed by atoms with E-state index in [1.54, 1.807) is 24.3 Å². The number of guanidine groups is 1. The molecule has 1 aromatic heterocycles. The molecule has 2 N–H and O–H groups in total. The van der Waals surface area contributed by atoms with E-state index in [2.05, 4.69) is 20.7 Å². The quantitative estimate of drug-likeness (QED) is 0.471. The molecule has 0 saturated carbocycles. The van der Waals surface area contributed by atoms with Crippen LogP contribution in [0.1, 0.15) is 38.4 Å². The van der Waals surface area contributed by atoms with E-state index in [1.807, 2.05) is 57.6 Å². The lowest BCUT2D eigenvalue weighted by atomic mass is 10.1. The van der Waals surface area contributed by atoms with E-state index in [-0.39, 0.29) is 5.91 Å². The fourth-order valence-corrected chi connectivity index (χ4v) is 3.31. The van der Waals surface area contributed by atoms with Gasteiger partial charge in [0, 0.05) is 34.6 Å². The summed E-state index contributed by atoms with van der Waals surface area (Å²) in [6.45, 7) is 8.39. The zero-order valence-electron chi connectivity index (χ0n) is 17.9. The molecule has 0 aliphatic heterocycles. The molecule has 0 aliphatic rings. The second-order valence-corrected chi connectivity index (χ2v) is 7.78. The molecular formula is C23H26ClN5O. The third-order valence-electron chi connectivity index (χ3n) is 5.02. The third-order valence-corrected chi connectivity index (χ3v) is 5.25. The summed E-state index contributed by atoms with van der Waals surface area (Å²) in [5, 5.41) is 11.1. The van der Waals surface area contributed by atoms with Gasteiger partial charge in [-0.05, 0) is 63.1 Å². The Morgan fingerprint density at radius 1 is 1.13 bits per heavy atom. The van der Waals surface area contributed by atoms with Gasteiger partial charge in [0.25, 0.3) is 5.91 Å². The lowest BCUT2D eigenvalue weighted by Gasteiger charge is -2.14. The second kappa shape index (κ2) is 9.13. The fourth-order valence-electron chi connectivity index (χ4n) is 3.12. The highest BCUT2D eigenvalue weighted by Crippen LogP contribution is 2.18. The van der Waals surface area contributed by atoms with Crippen molar-refractivity contribution in [3.63, 3.8) is 0 Å². The maximum Gasteiger partial charge on any atom is 0.258 e. The summed E-state index contributed by atoms with van der Waals surface area (Å²) in [6, 6.07) is 12.9.